The van der Waals surface area contributed by atoms with E-state index in [2.05, 4.69) is 36.6 Å². The molecular weight excluding hydrogens is 420 g/mol. The third kappa shape index (κ3) is 4.76. The van der Waals surface area contributed by atoms with Gasteiger partial charge in [-0.15, -0.1) is 0 Å². The van der Waals surface area contributed by atoms with Crippen LogP contribution in [-0.4, -0.2) is 16.2 Å². The first-order valence-corrected chi connectivity index (χ1v) is 11.4. The quantitative estimate of drug-likeness (QED) is 0.283. The number of hydrogen-bond acceptors (Lipinski definition) is 3. The van der Waals surface area contributed by atoms with Gasteiger partial charge in [0.15, 0.2) is 11.9 Å². The lowest BCUT2D eigenvalue weighted by Gasteiger charge is -2.18. The molecule has 0 fully saturated rings. The maximum atomic E-state index is 6.24. The van der Waals surface area contributed by atoms with E-state index >= 15 is 0 Å². The lowest BCUT2D eigenvalue weighted by Crippen LogP contribution is -2.16. The van der Waals surface area contributed by atoms with Gasteiger partial charge in [-0.25, -0.2) is 4.98 Å². The summed E-state index contributed by atoms with van der Waals surface area (Å²) in [4.78, 5) is 4.88. The summed E-state index contributed by atoms with van der Waals surface area (Å²) in [5.74, 6) is 3.00. The highest BCUT2D eigenvalue weighted by Gasteiger charge is 2.19. The second-order valence-corrected chi connectivity index (χ2v) is 8.73. The highest BCUT2D eigenvalue weighted by molar-refractivity contribution is 6.31. The Labute approximate surface area is 194 Å². The van der Waals surface area contributed by atoms with Gasteiger partial charge in [0, 0.05) is 5.02 Å². The van der Waals surface area contributed by atoms with Gasteiger partial charge in [-0.05, 0) is 67.3 Å². The number of rotatable bonds is 8. The van der Waals surface area contributed by atoms with Gasteiger partial charge in [0.05, 0.1) is 17.6 Å². The van der Waals surface area contributed by atoms with Gasteiger partial charge in [0.25, 0.3) is 0 Å². The number of aromatic nitrogens is 2. The Balaban J connectivity index is 1.57. The molecular formula is C27H29ClN2O2. The molecule has 3 aromatic carbocycles. The smallest absolute Gasteiger partial charge is 0.153 e. The number of para-hydroxylation sites is 3. The SMILES string of the molecule is Cc1cc(OC(C)c2nc3ccccc3n2CCOc2ccccc2C(C)C)ccc1Cl. The van der Waals surface area contributed by atoms with Gasteiger partial charge < -0.3 is 14.0 Å². The molecule has 1 atom stereocenters. The van der Waals surface area contributed by atoms with E-state index in [0.29, 0.717) is 19.1 Å². The van der Waals surface area contributed by atoms with Gasteiger partial charge in [-0.3, -0.25) is 0 Å². The fourth-order valence-corrected chi connectivity index (χ4v) is 4.04. The van der Waals surface area contributed by atoms with Crippen molar-refractivity contribution in [2.45, 2.75) is 46.3 Å². The van der Waals surface area contributed by atoms with E-state index in [4.69, 9.17) is 26.1 Å². The Hall–Kier alpha value is -2.98. The number of fused-ring (bicyclic) bond motifs is 1. The maximum absolute atomic E-state index is 6.24. The lowest BCUT2D eigenvalue weighted by molar-refractivity contribution is 0.207. The van der Waals surface area contributed by atoms with Crippen LogP contribution in [0.1, 0.15) is 49.7 Å². The number of hydrogen-bond donors (Lipinski definition) is 0. The molecule has 4 rings (SSSR count). The molecule has 4 nitrogen and oxygen atoms in total. The molecule has 0 amide bonds. The van der Waals surface area contributed by atoms with Crippen LogP contribution in [0.3, 0.4) is 0 Å². The molecule has 1 aromatic heterocycles. The molecule has 5 heteroatoms. The second-order valence-electron chi connectivity index (χ2n) is 8.32. The number of ether oxygens (including phenoxy) is 2. The number of imidazole rings is 1. The summed E-state index contributed by atoms with van der Waals surface area (Å²) in [6, 6.07) is 22.1. The molecule has 0 spiro atoms. The van der Waals surface area contributed by atoms with E-state index in [9.17, 15) is 0 Å². The third-order valence-corrected chi connectivity index (χ3v) is 6.03. The van der Waals surface area contributed by atoms with Crippen molar-refractivity contribution in [2.24, 2.45) is 0 Å². The van der Waals surface area contributed by atoms with E-state index < -0.39 is 0 Å². The van der Waals surface area contributed by atoms with Crippen molar-refractivity contribution in [3.8, 4) is 11.5 Å². The first kappa shape index (κ1) is 22.2. The molecule has 0 radical (unpaired) electrons. The molecule has 0 aliphatic carbocycles. The molecule has 0 saturated heterocycles. The van der Waals surface area contributed by atoms with E-state index in [1.807, 2.05) is 62.4 Å². The van der Waals surface area contributed by atoms with Gasteiger partial charge >= 0.3 is 0 Å². The Kier molecular flexibility index (Phi) is 6.71. The molecule has 32 heavy (non-hydrogen) atoms. The molecule has 166 valence electrons. The van der Waals surface area contributed by atoms with Crippen LogP contribution in [0.2, 0.25) is 5.02 Å². The van der Waals surface area contributed by atoms with Crippen molar-refractivity contribution < 1.29 is 9.47 Å². The maximum Gasteiger partial charge on any atom is 0.153 e. The van der Waals surface area contributed by atoms with Crippen molar-refractivity contribution in [2.75, 3.05) is 6.61 Å². The Morgan fingerprint density at radius 2 is 1.72 bits per heavy atom. The number of aryl methyl sites for hydroxylation is 1. The summed E-state index contributed by atoms with van der Waals surface area (Å²) in [7, 11) is 0. The standard InChI is InChI=1S/C27H29ClN2O2/c1-18(2)22-9-5-8-12-26(22)31-16-15-30-25-11-7-6-10-24(25)29-27(30)20(4)32-21-13-14-23(28)19(3)17-21/h5-14,17-18,20H,15-16H2,1-4H3. The van der Waals surface area contributed by atoms with E-state index in [1.165, 1.54) is 5.56 Å². The molecule has 0 aliphatic heterocycles. The van der Waals surface area contributed by atoms with Gasteiger partial charge in [-0.2, -0.15) is 0 Å². The van der Waals surface area contributed by atoms with Crippen LogP contribution >= 0.6 is 11.6 Å². The third-order valence-electron chi connectivity index (χ3n) is 5.60. The molecule has 0 aliphatic rings. The van der Waals surface area contributed by atoms with E-state index in [0.717, 1.165) is 38.9 Å². The topological polar surface area (TPSA) is 36.3 Å². The molecule has 0 saturated carbocycles. The molecule has 4 aromatic rings. The first-order chi connectivity index (χ1) is 15.4. The Bertz CT molecular complexity index is 1220. The highest BCUT2D eigenvalue weighted by Crippen LogP contribution is 2.29. The minimum Gasteiger partial charge on any atom is -0.491 e. The van der Waals surface area contributed by atoms with Crippen LogP contribution in [0.4, 0.5) is 0 Å². The average molecular weight is 449 g/mol. The minimum absolute atomic E-state index is 0.231. The van der Waals surface area contributed by atoms with E-state index in [-0.39, 0.29) is 6.10 Å². The number of halogens is 1. The summed E-state index contributed by atoms with van der Waals surface area (Å²) in [5, 5.41) is 0.732. The fourth-order valence-electron chi connectivity index (χ4n) is 3.92. The second kappa shape index (κ2) is 9.66. The van der Waals surface area contributed by atoms with Crippen LogP contribution in [0.15, 0.2) is 66.7 Å². The first-order valence-electron chi connectivity index (χ1n) is 11.0. The minimum atomic E-state index is -0.231. The van der Waals surface area contributed by atoms with Crippen LogP contribution in [0.25, 0.3) is 11.0 Å². The van der Waals surface area contributed by atoms with Gasteiger partial charge in [0.2, 0.25) is 0 Å². The predicted octanol–water partition coefficient (Wildman–Crippen LogP) is 7.34. The Morgan fingerprint density at radius 3 is 2.50 bits per heavy atom. The van der Waals surface area contributed by atoms with Crippen molar-refractivity contribution in [3.63, 3.8) is 0 Å². The summed E-state index contributed by atoms with van der Waals surface area (Å²) in [6.07, 6.45) is -0.231. The predicted molar refractivity (Wildman–Crippen MR) is 131 cm³/mol. The van der Waals surface area contributed by atoms with Crippen molar-refractivity contribution >= 4 is 22.6 Å². The Morgan fingerprint density at radius 1 is 0.969 bits per heavy atom. The van der Waals surface area contributed by atoms with Gasteiger partial charge in [0.1, 0.15) is 18.1 Å². The zero-order chi connectivity index (χ0) is 22.7. The average Bonchev–Trinajstić information content (AvgIpc) is 3.15. The molecule has 1 heterocycles. The zero-order valence-electron chi connectivity index (χ0n) is 19.0. The van der Waals surface area contributed by atoms with Crippen molar-refractivity contribution in [3.05, 3.63) is 88.7 Å². The fraction of sp³-hybridized carbons (Fsp3) is 0.296. The largest absolute Gasteiger partial charge is 0.491 e. The van der Waals surface area contributed by atoms with Gasteiger partial charge in [-0.1, -0.05) is 55.8 Å². The van der Waals surface area contributed by atoms with Crippen LogP contribution < -0.4 is 9.47 Å². The van der Waals surface area contributed by atoms with Crippen LogP contribution in [-0.2, 0) is 6.54 Å². The zero-order valence-corrected chi connectivity index (χ0v) is 19.8. The number of nitrogens with zero attached hydrogens (tertiary/aromatic N) is 2. The molecule has 0 N–H and O–H groups in total. The van der Waals surface area contributed by atoms with Crippen LogP contribution in [0.5, 0.6) is 11.5 Å². The highest BCUT2D eigenvalue weighted by atomic mass is 35.5. The molecule has 0 bridgehead atoms. The monoisotopic (exact) mass is 448 g/mol. The molecule has 1 unspecified atom stereocenters. The number of benzene rings is 3. The normalized spacial score (nSPS) is 12.3. The van der Waals surface area contributed by atoms with Crippen LogP contribution in [0, 0.1) is 6.92 Å². The van der Waals surface area contributed by atoms with E-state index in [1.54, 1.807) is 0 Å². The summed E-state index contributed by atoms with van der Waals surface area (Å²) in [6.45, 7) is 9.58. The van der Waals surface area contributed by atoms with Crippen molar-refractivity contribution in [1.29, 1.82) is 0 Å². The summed E-state index contributed by atoms with van der Waals surface area (Å²) < 4.78 is 14.6. The lowest BCUT2D eigenvalue weighted by atomic mass is 10.0. The van der Waals surface area contributed by atoms with Crippen molar-refractivity contribution in [1.82, 2.24) is 9.55 Å². The summed E-state index contributed by atoms with van der Waals surface area (Å²) in [5.41, 5.74) is 4.24. The summed E-state index contributed by atoms with van der Waals surface area (Å²) >= 11 is 6.17.